The molecule has 6 nitrogen and oxygen atoms in total. The van der Waals surface area contributed by atoms with Gasteiger partial charge in [0.25, 0.3) is 0 Å². The number of hydrogen-bond donors (Lipinski definition) is 0. The number of nitrogens with zero attached hydrogens (tertiary/aromatic N) is 4. The molecule has 0 unspecified atom stereocenters. The van der Waals surface area contributed by atoms with Crippen LogP contribution in [0.4, 0.5) is 0 Å². The van der Waals surface area contributed by atoms with E-state index in [0.717, 1.165) is 55.9 Å². The Balaban J connectivity index is 1.36. The van der Waals surface area contributed by atoms with Gasteiger partial charge in [0, 0.05) is 41.5 Å². The van der Waals surface area contributed by atoms with E-state index in [1.54, 1.807) is 24.9 Å². The summed E-state index contributed by atoms with van der Waals surface area (Å²) in [6.45, 7) is 0. The number of furan rings is 1. The van der Waals surface area contributed by atoms with E-state index in [2.05, 4.69) is 26.8 Å². The molecule has 0 N–H and O–H groups in total. The molecule has 150 valence electrons. The standard InChI is InChI=1S/C26H14N4O2/c1-2-24-26(29-8-1)20-12-16(3-5-23(20)31-24)18-7-9-28-21-14-25(18)32-22-6-4-17(13-19(21)22)30-11-10-27-15-30/h1-13,15H. The zero-order chi connectivity index (χ0) is 21.1. The van der Waals surface area contributed by atoms with Gasteiger partial charge in [-0.25, -0.2) is 9.98 Å². The molecule has 0 atom stereocenters. The Labute approximate surface area is 182 Å². The van der Waals surface area contributed by atoms with Crippen molar-refractivity contribution < 1.29 is 9.15 Å². The smallest absolute Gasteiger partial charge is 0.179 e. The van der Waals surface area contributed by atoms with Crippen LogP contribution in [0.5, 0.6) is 5.75 Å². The minimum Gasteiger partial charge on any atom is -0.454 e. The molecule has 2 bridgehead atoms. The summed E-state index contributed by atoms with van der Waals surface area (Å²) < 4.78 is 14.1. The van der Waals surface area contributed by atoms with Crippen LogP contribution in [0.2, 0.25) is 0 Å². The second-order valence-corrected chi connectivity index (χ2v) is 7.58. The number of fused-ring (bicyclic) bond motifs is 5. The summed E-state index contributed by atoms with van der Waals surface area (Å²) in [5.41, 5.74) is 10.3. The predicted molar refractivity (Wildman–Crippen MR) is 123 cm³/mol. The number of imidazole rings is 1. The molecule has 2 aliphatic heterocycles. The molecule has 5 aromatic rings. The molecule has 0 spiro atoms. The van der Waals surface area contributed by atoms with Crippen LogP contribution in [0.3, 0.4) is 0 Å². The van der Waals surface area contributed by atoms with Gasteiger partial charge in [-0.15, -0.1) is 0 Å². The quantitative estimate of drug-likeness (QED) is 0.355. The molecule has 5 heterocycles. The first-order chi connectivity index (χ1) is 15.8. The van der Waals surface area contributed by atoms with Crippen LogP contribution in [0.25, 0.3) is 39.0 Å². The SMILES string of the molecule is C1=C2Oc3ccc(-n4ccnc4)cc3C=1N=CC=C2c1ccc2oc3cccnc3c2c1. The lowest BCUT2D eigenvalue weighted by atomic mass is 10.0. The van der Waals surface area contributed by atoms with Crippen molar-refractivity contribution in [3.8, 4) is 11.4 Å². The highest BCUT2D eigenvalue weighted by molar-refractivity contribution is 6.05. The first-order valence-corrected chi connectivity index (χ1v) is 10.2. The fourth-order valence-corrected chi connectivity index (χ4v) is 4.15. The van der Waals surface area contributed by atoms with E-state index >= 15 is 0 Å². The maximum atomic E-state index is 6.28. The summed E-state index contributed by atoms with van der Waals surface area (Å²) in [7, 11) is 0. The van der Waals surface area contributed by atoms with Gasteiger partial charge in [0.2, 0.25) is 0 Å². The second kappa shape index (κ2) is 6.41. The van der Waals surface area contributed by atoms with Crippen molar-refractivity contribution >= 4 is 39.6 Å². The van der Waals surface area contributed by atoms with Gasteiger partial charge in [0.15, 0.2) is 11.3 Å². The Morgan fingerprint density at radius 2 is 1.97 bits per heavy atom. The van der Waals surface area contributed by atoms with E-state index in [1.807, 2.05) is 59.3 Å². The minimum atomic E-state index is 0.639. The van der Waals surface area contributed by atoms with Crippen LogP contribution in [0.15, 0.2) is 100 Å². The molecule has 0 aliphatic carbocycles. The lowest BCUT2D eigenvalue weighted by Crippen LogP contribution is -2.04. The van der Waals surface area contributed by atoms with Gasteiger partial charge in [0.05, 0.1) is 11.9 Å². The highest BCUT2D eigenvalue weighted by Crippen LogP contribution is 2.39. The van der Waals surface area contributed by atoms with Crippen molar-refractivity contribution in [3.05, 3.63) is 102 Å². The maximum Gasteiger partial charge on any atom is 0.179 e. The lowest BCUT2D eigenvalue weighted by Gasteiger charge is -2.18. The van der Waals surface area contributed by atoms with Crippen molar-refractivity contribution in [2.45, 2.75) is 0 Å². The van der Waals surface area contributed by atoms with Crippen LogP contribution < -0.4 is 4.74 Å². The number of rotatable bonds is 2. The molecular formula is C26H14N4O2. The van der Waals surface area contributed by atoms with Gasteiger partial charge in [-0.05, 0) is 59.8 Å². The van der Waals surface area contributed by atoms with E-state index in [-0.39, 0.29) is 0 Å². The number of allylic oxidation sites excluding steroid dienone is 2. The third-order valence-electron chi connectivity index (χ3n) is 5.69. The lowest BCUT2D eigenvalue weighted by molar-refractivity contribution is 0.446. The minimum absolute atomic E-state index is 0.639. The third-order valence-corrected chi connectivity index (χ3v) is 5.69. The van der Waals surface area contributed by atoms with Crippen LogP contribution in [0, 0.1) is 0 Å². The van der Waals surface area contributed by atoms with E-state index in [9.17, 15) is 0 Å². The first kappa shape index (κ1) is 17.1. The first-order valence-electron chi connectivity index (χ1n) is 10.2. The largest absolute Gasteiger partial charge is 0.454 e. The van der Waals surface area contributed by atoms with E-state index in [1.165, 1.54) is 0 Å². The molecule has 32 heavy (non-hydrogen) atoms. The molecule has 0 radical (unpaired) electrons. The Bertz CT molecular complexity index is 1680. The highest BCUT2D eigenvalue weighted by atomic mass is 16.5. The van der Waals surface area contributed by atoms with Gasteiger partial charge in [-0.2, -0.15) is 0 Å². The highest BCUT2D eigenvalue weighted by Gasteiger charge is 2.22. The number of pyridine rings is 1. The zero-order valence-corrected chi connectivity index (χ0v) is 16.7. The molecule has 7 rings (SSSR count). The number of aliphatic imine (C=N–C) groups is 1. The predicted octanol–water partition coefficient (Wildman–Crippen LogP) is 5.55. The van der Waals surface area contributed by atoms with Gasteiger partial charge in [0.1, 0.15) is 22.5 Å². The molecule has 2 aromatic carbocycles. The average Bonchev–Trinajstić information content (AvgIpc) is 3.45. The topological polar surface area (TPSA) is 65.4 Å². The summed E-state index contributed by atoms with van der Waals surface area (Å²) in [5, 5.41) is 0.964. The van der Waals surface area contributed by atoms with E-state index < -0.39 is 0 Å². The third kappa shape index (κ3) is 2.51. The van der Waals surface area contributed by atoms with Gasteiger partial charge in [-0.3, -0.25) is 4.98 Å². The van der Waals surface area contributed by atoms with Crippen molar-refractivity contribution in [2.75, 3.05) is 0 Å². The summed E-state index contributed by atoms with van der Waals surface area (Å²) in [6.07, 6.45) is 10.9. The van der Waals surface area contributed by atoms with E-state index in [0.29, 0.717) is 5.76 Å². The van der Waals surface area contributed by atoms with Crippen LogP contribution in [0.1, 0.15) is 11.1 Å². The summed E-state index contributed by atoms with van der Waals surface area (Å²) in [5.74, 6) is 1.39. The van der Waals surface area contributed by atoms with E-state index in [4.69, 9.17) is 9.15 Å². The Kier molecular flexibility index (Phi) is 3.42. The molecule has 2 aliphatic rings. The van der Waals surface area contributed by atoms with Crippen LogP contribution >= 0.6 is 0 Å². The van der Waals surface area contributed by atoms with Gasteiger partial charge >= 0.3 is 0 Å². The summed E-state index contributed by atoms with van der Waals surface area (Å²) in [4.78, 5) is 13.2. The fourth-order valence-electron chi connectivity index (χ4n) is 4.15. The van der Waals surface area contributed by atoms with Crippen LogP contribution in [-0.4, -0.2) is 20.7 Å². The molecule has 3 aromatic heterocycles. The molecule has 0 saturated heterocycles. The van der Waals surface area contributed by atoms with Crippen LogP contribution in [-0.2, 0) is 0 Å². The van der Waals surface area contributed by atoms with Crippen molar-refractivity contribution in [3.63, 3.8) is 0 Å². The van der Waals surface area contributed by atoms with Gasteiger partial charge in [-0.1, -0.05) is 6.07 Å². The summed E-state index contributed by atoms with van der Waals surface area (Å²) >= 11 is 0. The molecular weight excluding hydrogens is 400 g/mol. The molecule has 0 amide bonds. The summed E-state index contributed by atoms with van der Waals surface area (Å²) in [6, 6.07) is 15.9. The van der Waals surface area contributed by atoms with Gasteiger partial charge < -0.3 is 13.7 Å². The second-order valence-electron chi connectivity index (χ2n) is 7.58. The number of benzene rings is 2. The zero-order valence-electron chi connectivity index (χ0n) is 16.7. The van der Waals surface area contributed by atoms with Crippen molar-refractivity contribution in [2.24, 2.45) is 4.99 Å². The Morgan fingerprint density at radius 1 is 0.969 bits per heavy atom. The number of ether oxygens (including phenoxy) is 1. The van der Waals surface area contributed by atoms with Crippen molar-refractivity contribution in [1.29, 1.82) is 0 Å². The molecule has 0 fully saturated rings. The maximum absolute atomic E-state index is 6.28. The monoisotopic (exact) mass is 414 g/mol. The number of aromatic nitrogens is 3. The normalized spacial score (nSPS) is 14.4. The molecule has 6 heteroatoms. The molecule has 0 saturated carbocycles. The number of hydrogen-bond acceptors (Lipinski definition) is 5. The average molecular weight is 414 g/mol. The Morgan fingerprint density at radius 3 is 2.91 bits per heavy atom. The Hall–Kier alpha value is -4.67. The van der Waals surface area contributed by atoms with Crippen molar-refractivity contribution in [1.82, 2.24) is 14.5 Å². The fraction of sp³-hybridized carbons (Fsp3) is 0.